The minimum atomic E-state index is -0.752. The molecule has 0 saturated carbocycles. The van der Waals surface area contributed by atoms with E-state index < -0.39 is 36.1 Å². The maximum atomic E-state index is 12.1. The van der Waals surface area contributed by atoms with Crippen LogP contribution in [0.25, 0.3) is 0 Å². The molecule has 2 fully saturated rings. The Labute approximate surface area is 191 Å². The van der Waals surface area contributed by atoms with E-state index in [2.05, 4.69) is 5.32 Å². The summed E-state index contributed by atoms with van der Waals surface area (Å²) in [6.45, 7) is 3.54. The van der Waals surface area contributed by atoms with Crippen molar-refractivity contribution in [2.45, 2.75) is 56.5 Å². The molecule has 2 aromatic carbocycles. The number of thioether (sulfide) groups is 1. The number of fused-ring (bicyclic) bond motifs is 1. The van der Waals surface area contributed by atoms with Crippen LogP contribution in [0.4, 0.5) is 0 Å². The summed E-state index contributed by atoms with van der Waals surface area (Å²) in [5, 5.41) is 2.46. The summed E-state index contributed by atoms with van der Waals surface area (Å²) in [5.41, 5.74) is 1.87. The van der Waals surface area contributed by atoms with Gasteiger partial charge in [-0.1, -0.05) is 72.4 Å². The van der Waals surface area contributed by atoms with Crippen molar-refractivity contribution in [3.8, 4) is 0 Å². The third kappa shape index (κ3) is 5.57. The van der Waals surface area contributed by atoms with Gasteiger partial charge in [0, 0.05) is 19.4 Å². The highest BCUT2D eigenvalue weighted by Gasteiger charge is 2.51. The lowest BCUT2D eigenvalue weighted by molar-refractivity contribution is -0.321. The molecule has 1 unspecified atom stereocenters. The Hall–Kier alpha value is -2.23. The minimum absolute atomic E-state index is 0.0702. The molecule has 0 spiro atoms. The predicted octanol–water partition coefficient (Wildman–Crippen LogP) is 3.20. The third-order valence-corrected chi connectivity index (χ3v) is 6.51. The van der Waals surface area contributed by atoms with Crippen molar-refractivity contribution in [1.82, 2.24) is 5.32 Å². The Bertz CT molecular complexity index is 911. The first kappa shape index (κ1) is 22.9. The lowest BCUT2D eigenvalue weighted by Crippen LogP contribution is -2.65. The molecule has 0 aliphatic carbocycles. The number of amides is 1. The normalized spacial score (nSPS) is 29.7. The number of carbonyl (C=O) groups excluding carboxylic acids is 2. The van der Waals surface area contributed by atoms with Gasteiger partial charge in [0.2, 0.25) is 5.91 Å². The number of rotatable bonds is 6. The molecule has 0 bridgehead atoms. The van der Waals surface area contributed by atoms with Crippen molar-refractivity contribution >= 4 is 22.8 Å². The highest BCUT2D eigenvalue weighted by Crippen LogP contribution is 2.39. The van der Waals surface area contributed by atoms with Crippen LogP contribution in [-0.4, -0.2) is 47.4 Å². The van der Waals surface area contributed by atoms with Gasteiger partial charge in [-0.25, -0.2) is 0 Å². The molecule has 2 aliphatic rings. The van der Waals surface area contributed by atoms with Crippen LogP contribution in [0.2, 0.25) is 0 Å². The zero-order chi connectivity index (χ0) is 22.5. The van der Waals surface area contributed by atoms with Crippen LogP contribution in [0, 0.1) is 0 Å². The maximum Gasteiger partial charge on any atom is 0.217 e. The standard InChI is InChI=1S/C24H27NO6S/c1-15(26)25-20-22(32-16(2)27)21-19(14-29-23(31-21)18-11-7-4-8-12-18)30-24(20)28-13-17-9-5-3-6-10-17/h3-12,19-24H,13-14H2,1-2H3,(H,25,26)/t19-,20-,21-,22-,23?,24-/m1/s1. The number of benzene rings is 2. The molecule has 2 heterocycles. The van der Waals surface area contributed by atoms with Gasteiger partial charge in [-0.3, -0.25) is 9.59 Å². The predicted molar refractivity (Wildman–Crippen MR) is 120 cm³/mol. The molecule has 2 aromatic rings. The van der Waals surface area contributed by atoms with Gasteiger partial charge in [0.25, 0.3) is 0 Å². The summed E-state index contributed by atoms with van der Waals surface area (Å²) < 4.78 is 24.5. The van der Waals surface area contributed by atoms with Crippen LogP contribution >= 0.6 is 11.8 Å². The van der Waals surface area contributed by atoms with Crippen molar-refractivity contribution in [2.75, 3.05) is 6.61 Å². The second-order valence-corrected chi connectivity index (χ2v) is 9.17. The van der Waals surface area contributed by atoms with E-state index in [9.17, 15) is 9.59 Å². The number of hydrogen-bond acceptors (Lipinski definition) is 7. The van der Waals surface area contributed by atoms with Gasteiger partial charge in [-0.2, -0.15) is 0 Å². The number of nitrogens with one attached hydrogen (secondary N) is 1. The first-order chi connectivity index (χ1) is 15.5. The molecule has 32 heavy (non-hydrogen) atoms. The molecule has 2 saturated heterocycles. The molecule has 0 radical (unpaired) electrons. The number of hydrogen-bond donors (Lipinski definition) is 1. The van der Waals surface area contributed by atoms with E-state index in [1.807, 2.05) is 60.7 Å². The van der Waals surface area contributed by atoms with E-state index in [1.54, 1.807) is 0 Å². The zero-order valence-corrected chi connectivity index (χ0v) is 18.8. The minimum Gasteiger partial charge on any atom is -0.347 e. The second-order valence-electron chi connectivity index (χ2n) is 7.82. The van der Waals surface area contributed by atoms with Crippen LogP contribution in [0.5, 0.6) is 0 Å². The Morgan fingerprint density at radius 3 is 2.38 bits per heavy atom. The van der Waals surface area contributed by atoms with Gasteiger partial charge in [0.15, 0.2) is 17.7 Å². The van der Waals surface area contributed by atoms with E-state index in [4.69, 9.17) is 18.9 Å². The zero-order valence-electron chi connectivity index (χ0n) is 18.0. The molecule has 6 atom stereocenters. The fraction of sp³-hybridized carbons (Fsp3) is 0.417. The van der Waals surface area contributed by atoms with E-state index in [0.29, 0.717) is 6.61 Å². The Morgan fingerprint density at radius 2 is 1.72 bits per heavy atom. The van der Waals surface area contributed by atoms with Gasteiger partial charge >= 0.3 is 0 Å². The Balaban J connectivity index is 1.57. The van der Waals surface area contributed by atoms with Crippen LogP contribution in [0.3, 0.4) is 0 Å². The fourth-order valence-corrected chi connectivity index (χ4v) is 5.07. The molecule has 4 rings (SSSR count). The third-order valence-electron chi connectivity index (χ3n) is 5.34. The quantitative estimate of drug-likeness (QED) is 0.713. The van der Waals surface area contributed by atoms with Gasteiger partial charge in [0.05, 0.1) is 24.5 Å². The SMILES string of the molecule is CC(=O)N[C@H]1[C@H](OCc2ccccc2)O[C@@H]2COC(c3ccccc3)O[C@H]2[C@@H]1SC(C)=O. The average Bonchev–Trinajstić information content (AvgIpc) is 2.80. The van der Waals surface area contributed by atoms with Gasteiger partial charge in [0.1, 0.15) is 12.2 Å². The van der Waals surface area contributed by atoms with E-state index >= 15 is 0 Å². The summed E-state index contributed by atoms with van der Waals surface area (Å²) >= 11 is 1.14. The van der Waals surface area contributed by atoms with Crippen molar-refractivity contribution < 1.29 is 28.5 Å². The smallest absolute Gasteiger partial charge is 0.217 e. The molecule has 0 aromatic heterocycles. The molecule has 170 valence electrons. The summed E-state index contributed by atoms with van der Waals surface area (Å²) in [4.78, 5) is 24.2. The molecule has 1 N–H and O–H groups in total. The number of ether oxygens (including phenoxy) is 4. The lowest BCUT2D eigenvalue weighted by atomic mass is 9.98. The van der Waals surface area contributed by atoms with Crippen LogP contribution in [-0.2, 0) is 35.1 Å². The summed E-state index contributed by atoms with van der Waals surface area (Å²) in [7, 11) is 0. The molecule has 8 heteroatoms. The highest BCUT2D eigenvalue weighted by atomic mass is 32.2. The summed E-state index contributed by atoms with van der Waals surface area (Å²) in [5.74, 6) is -0.230. The topological polar surface area (TPSA) is 83.1 Å². The molecular formula is C24H27NO6S. The second kappa shape index (κ2) is 10.6. The Morgan fingerprint density at radius 1 is 1.03 bits per heavy atom. The summed E-state index contributed by atoms with van der Waals surface area (Å²) in [6, 6.07) is 18.8. The van der Waals surface area contributed by atoms with E-state index in [-0.39, 0.29) is 17.6 Å². The fourth-order valence-electron chi connectivity index (χ4n) is 3.97. The van der Waals surface area contributed by atoms with Gasteiger partial charge in [-0.05, 0) is 5.56 Å². The van der Waals surface area contributed by atoms with E-state index in [0.717, 1.165) is 22.9 Å². The van der Waals surface area contributed by atoms with Gasteiger partial charge in [-0.15, -0.1) is 0 Å². The Kier molecular flexibility index (Phi) is 7.59. The van der Waals surface area contributed by atoms with Crippen LogP contribution in [0.1, 0.15) is 31.3 Å². The van der Waals surface area contributed by atoms with Crippen molar-refractivity contribution in [3.63, 3.8) is 0 Å². The maximum absolute atomic E-state index is 12.1. The summed E-state index contributed by atoms with van der Waals surface area (Å²) in [6.07, 6.45) is -2.22. The lowest BCUT2D eigenvalue weighted by Gasteiger charge is -2.49. The molecule has 1 amide bonds. The molecule has 7 nitrogen and oxygen atoms in total. The van der Waals surface area contributed by atoms with E-state index in [1.165, 1.54) is 13.8 Å². The first-order valence-electron chi connectivity index (χ1n) is 10.6. The van der Waals surface area contributed by atoms with Crippen molar-refractivity contribution in [2.24, 2.45) is 0 Å². The van der Waals surface area contributed by atoms with Crippen LogP contribution < -0.4 is 5.32 Å². The molecular weight excluding hydrogens is 430 g/mol. The first-order valence-corrected chi connectivity index (χ1v) is 11.5. The van der Waals surface area contributed by atoms with Crippen molar-refractivity contribution in [3.05, 3.63) is 71.8 Å². The highest BCUT2D eigenvalue weighted by molar-refractivity contribution is 8.14. The monoisotopic (exact) mass is 457 g/mol. The average molecular weight is 458 g/mol. The van der Waals surface area contributed by atoms with Crippen LogP contribution in [0.15, 0.2) is 60.7 Å². The van der Waals surface area contributed by atoms with Gasteiger partial charge < -0.3 is 24.3 Å². The largest absolute Gasteiger partial charge is 0.347 e. The molecule has 2 aliphatic heterocycles. The number of carbonyl (C=O) groups is 2. The van der Waals surface area contributed by atoms with Crippen molar-refractivity contribution in [1.29, 1.82) is 0 Å².